The molecule has 4 nitrogen and oxygen atoms in total. The lowest BCUT2D eigenvalue weighted by Gasteiger charge is -2.18. The monoisotopic (exact) mass is 267 g/mol. The molecule has 2 N–H and O–H groups in total. The molecule has 1 amide bonds. The zero-order chi connectivity index (χ0) is 14.4. The van der Waals surface area contributed by atoms with E-state index < -0.39 is 18.0 Å². The molecule has 1 unspecified atom stereocenters. The molecule has 104 valence electrons. The Kier molecular flexibility index (Phi) is 5.51. The van der Waals surface area contributed by atoms with Crippen molar-refractivity contribution in [3.8, 4) is 5.75 Å². The van der Waals surface area contributed by atoms with Crippen LogP contribution < -0.4 is 10.1 Å². The molecule has 0 aliphatic rings. The molecule has 0 heterocycles. The fourth-order valence-electron chi connectivity index (χ4n) is 1.52. The molecule has 0 fully saturated rings. The first kappa shape index (κ1) is 15.2. The summed E-state index contributed by atoms with van der Waals surface area (Å²) in [6, 6.07) is 3.82. The van der Waals surface area contributed by atoms with Crippen LogP contribution in [0.2, 0.25) is 0 Å². The minimum atomic E-state index is -0.806. The summed E-state index contributed by atoms with van der Waals surface area (Å²) in [4.78, 5) is 11.6. The normalized spacial score (nSPS) is 13.5. The zero-order valence-corrected chi connectivity index (χ0v) is 11.0. The van der Waals surface area contributed by atoms with Crippen molar-refractivity contribution < 1.29 is 19.0 Å². The van der Waals surface area contributed by atoms with Gasteiger partial charge in [0.1, 0.15) is 11.6 Å². The van der Waals surface area contributed by atoms with E-state index in [1.807, 2.05) is 0 Å². The van der Waals surface area contributed by atoms with Gasteiger partial charge >= 0.3 is 0 Å². The molecule has 0 saturated carbocycles. The van der Waals surface area contributed by atoms with Crippen LogP contribution >= 0.6 is 0 Å². The van der Waals surface area contributed by atoms with Crippen LogP contribution in [0, 0.1) is 5.82 Å². The number of aliphatic hydroxyl groups excluding tert-OH is 1. The lowest BCUT2D eigenvalue weighted by molar-refractivity contribution is -0.127. The summed E-state index contributed by atoms with van der Waals surface area (Å²) >= 11 is 0. The average Bonchev–Trinajstić information content (AvgIpc) is 2.35. The highest BCUT2D eigenvalue weighted by Crippen LogP contribution is 2.26. The number of aliphatic hydroxyl groups is 1. The van der Waals surface area contributed by atoms with Crippen molar-refractivity contribution in [2.45, 2.75) is 26.1 Å². The van der Waals surface area contributed by atoms with Gasteiger partial charge in [-0.3, -0.25) is 4.79 Å². The summed E-state index contributed by atoms with van der Waals surface area (Å²) in [5, 5.41) is 12.1. The molecular formula is C14H18FNO3. The van der Waals surface area contributed by atoms with Crippen LogP contribution in [-0.2, 0) is 4.79 Å². The van der Waals surface area contributed by atoms with Crippen molar-refractivity contribution in [3.63, 3.8) is 0 Å². The van der Waals surface area contributed by atoms with E-state index in [9.17, 15) is 14.3 Å². The summed E-state index contributed by atoms with van der Waals surface area (Å²) in [7, 11) is 0. The van der Waals surface area contributed by atoms with Crippen molar-refractivity contribution in [3.05, 3.63) is 42.2 Å². The molecule has 2 atom stereocenters. The SMILES string of the molecule is C=CCNC(=O)C(C)Oc1cc(F)ccc1[C@@H](C)O. The number of benzene rings is 1. The molecular weight excluding hydrogens is 249 g/mol. The first-order chi connectivity index (χ1) is 8.95. The van der Waals surface area contributed by atoms with E-state index >= 15 is 0 Å². The van der Waals surface area contributed by atoms with Crippen molar-refractivity contribution in [1.29, 1.82) is 0 Å². The molecule has 0 aliphatic heterocycles. The molecule has 1 aromatic rings. The first-order valence-electron chi connectivity index (χ1n) is 5.98. The van der Waals surface area contributed by atoms with Crippen molar-refractivity contribution in [2.75, 3.05) is 6.54 Å². The molecule has 0 aliphatic carbocycles. The number of carbonyl (C=O) groups excluding carboxylic acids is 1. The van der Waals surface area contributed by atoms with Crippen molar-refractivity contribution in [1.82, 2.24) is 5.32 Å². The van der Waals surface area contributed by atoms with Crippen LogP contribution in [0.3, 0.4) is 0 Å². The summed E-state index contributed by atoms with van der Waals surface area (Å²) in [5.74, 6) is -0.657. The zero-order valence-electron chi connectivity index (χ0n) is 11.0. The third kappa shape index (κ3) is 4.37. The highest BCUT2D eigenvalue weighted by Gasteiger charge is 2.17. The lowest BCUT2D eigenvalue weighted by atomic mass is 10.1. The maximum absolute atomic E-state index is 13.2. The van der Waals surface area contributed by atoms with Crippen molar-refractivity contribution >= 4 is 5.91 Å². The van der Waals surface area contributed by atoms with Crippen LogP contribution in [0.1, 0.15) is 25.5 Å². The van der Waals surface area contributed by atoms with Gasteiger partial charge in [-0.15, -0.1) is 6.58 Å². The topological polar surface area (TPSA) is 58.6 Å². The highest BCUT2D eigenvalue weighted by molar-refractivity contribution is 5.80. The van der Waals surface area contributed by atoms with Crippen molar-refractivity contribution in [2.24, 2.45) is 0 Å². The Morgan fingerprint density at radius 2 is 2.26 bits per heavy atom. The Hall–Kier alpha value is -1.88. The van der Waals surface area contributed by atoms with Crippen LogP contribution in [0.5, 0.6) is 5.75 Å². The van der Waals surface area contributed by atoms with Crippen LogP contribution in [0.4, 0.5) is 4.39 Å². The second-order valence-corrected chi connectivity index (χ2v) is 4.15. The second-order valence-electron chi connectivity index (χ2n) is 4.15. The number of carbonyl (C=O) groups is 1. The fourth-order valence-corrected chi connectivity index (χ4v) is 1.52. The van der Waals surface area contributed by atoms with E-state index in [1.54, 1.807) is 19.9 Å². The number of rotatable bonds is 6. The van der Waals surface area contributed by atoms with E-state index in [0.717, 1.165) is 6.07 Å². The predicted octanol–water partition coefficient (Wildman–Crippen LogP) is 1.95. The summed E-state index contributed by atoms with van der Waals surface area (Å²) < 4.78 is 18.6. The minimum Gasteiger partial charge on any atom is -0.480 e. The number of hydrogen-bond donors (Lipinski definition) is 2. The molecule has 5 heteroatoms. The third-order valence-corrected chi connectivity index (χ3v) is 2.52. The van der Waals surface area contributed by atoms with E-state index in [0.29, 0.717) is 12.1 Å². The Labute approximate surface area is 111 Å². The van der Waals surface area contributed by atoms with Gasteiger partial charge in [-0.2, -0.15) is 0 Å². The average molecular weight is 267 g/mol. The summed E-state index contributed by atoms with van der Waals surface area (Å²) in [6.45, 7) is 6.91. The standard InChI is InChI=1S/C14H18FNO3/c1-4-7-16-14(18)10(3)19-13-8-11(15)5-6-12(13)9(2)17/h4-6,8-10,17H,1,7H2,2-3H3,(H,16,18)/t9-,10?/m1/s1. The summed E-state index contributed by atoms with van der Waals surface area (Å²) in [5.41, 5.74) is 0.435. The molecule has 0 radical (unpaired) electrons. The Bertz CT molecular complexity index is 460. The van der Waals surface area contributed by atoms with Gasteiger partial charge in [0.2, 0.25) is 0 Å². The smallest absolute Gasteiger partial charge is 0.261 e. The van der Waals surface area contributed by atoms with Gasteiger partial charge in [-0.25, -0.2) is 4.39 Å². The highest BCUT2D eigenvalue weighted by atomic mass is 19.1. The number of amides is 1. The van der Waals surface area contributed by atoms with Crippen LogP contribution in [0.15, 0.2) is 30.9 Å². The largest absolute Gasteiger partial charge is 0.480 e. The Morgan fingerprint density at radius 1 is 1.58 bits per heavy atom. The van der Waals surface area contributed by atoms with Gasteiger partial charge in [0.25, 0.3) is 5.91 Å². The predicted molar refractivity (Wildman–Crippen MR) is 70.3 cm³/mol. The van der Waals surface area contributed by atoms with Gasteiger partial charge in [-0.1, -0.05) is 6.08 Å². The molecule has 0 spiro atoms. The van der Waals surface area contributed by atoms with Gasteiger partial charge in [0, 0.05) is 18.2 Å². The maximum atomic E-state index is 13.2. The van der Waals surface area contributed by atoms with Crippen LogP contribution in [-0.4, -0.2) is 23.7 Å². The number of hydrogen-bond acceptors (Lipinski definition) is 3. The van der Waals surface area contributed by atoms with E-state index in [-0.39, 0.29) is 11.7 Å². The first-order valence-corrected chi connectivity index (χ1v) is 5.98. The van der Waals surface area contributed by atoms with Gasteiger partial charge in [0.05, 0.1) is 6.10 Å². The Balaban J connectivity index is 2.83. The van der Waals surface area contributed by atoms with E-state index in [2.05, 4.69) is 11.9 Å². The molecule has 1 rings (SSSR count). The quantitative estimate of drug-likeness (QED) is 0.774. The summed E-state index contributed by atoms with van der Waals surface area (Å²) in [6.07, 6.45) is -0.0492. The molecule has 0 aromatic heterocycles. The molecule has 0 bridgehead atoms. The molecule has 19 heavy (non-hydrogen) atoms. The van der Waals surface area contributed by atoms with E-state index in [4.69, 9.17) is 4.74 Å². The minimum absolute atomic E-state index is 0.163. The molecule has 1 aromatic carbocycles. The third-order valence-electron chi connectivity index (χ3n) is 2.52. The van der Waals surface area contributed by atoms with Crippen LogP contribution in [0.25, 0.3) is 0 Å². The second kappa shape index (κ2) is 6.89. The lowest BCUT2D eigenvalue weighted by Crippen LogP contribution is -2.36. The molecule has 0 saturated heterocycles. The number of halogens is 1. The maximum Gasteiger partial charge on any atom is 0.261 e. The fraction of sp³-hybridized carbons (Fsp3) is 0.357. The number of ether oxygens (including phenoxy) is 1. The van der Waals surface area contributed by atoms with Gasteiger partial charge < -0.3 is 15.2 Å². The van der Waals surface area contributed by atoms with Gasteiger partial charge in [0.15, 0.2) is 6.10 Å². The van der Waals surface area contributed by atoms with E-state index in [1.165, 1.54) is 12.1 Å². The van der Waals surface area contributed by atoms with Gasteiger partial charge in [-0.05, 0) is 26.0 Å². The number of nitrogens with one attached hydrogen (secondary N) is 1. The Morgan fingerprint density at radius 3 is 2.84 bits per heavy atom.